The Morgan fingerprint density at radius 3 is 2.67 bits per heavy atom. The van der Waals surface area contributed by atoms with E-state index in [-0.39, 0.29) is 5.60 Å². The molecule has 3 atom stereocenters. The Balaban J connectivity index is 2.07. The van der Waals surface area contributed by atoms with E-state index < -0.39 is 0 Å². The van der Waals surface area contributed by atoms with Crippen LogP contribution in [-0.4, -0.2) is 49.3 Å². The van der Waals surface area contributed by atoms with Gasteiger partial charge in [-0.15, -0.1) is 0 Å². The first-order chi connectivity index (χ1) is 9.89. The van der Waals surface area contributed by atoms with E-state index in [1.54, 1.807) is 0 Å². The molecule has 2 fully saturated rings. The summed E-state index contributed by atoms with van der Waals surface area (Å²) in [7, 11) is 1.88. The van der Waals surface area contributed by atoms with Crippen molar-refractivity contribution in [1.82, 2.24) is 10.2 Å². The first-order valence-corrected chi connectivity index (χ1v) is 8.92. The van der Waals surface area contributed by atoms with Gasteiger partial charge in [0.2, 0.25) is 0 Å². The fourth-order valence-electron chi connectivity index (χ4n) is 4.19. The highest BCUT2D eigenvalue weighted by Crippen LogP contribution is 2.39. The maximum atomic E-state index is 5.81. The molecule has 2 rings (SSSR count). The Kier molecular flexibility index (Phi) is 5.72. The van der Waals surface area contributed by atoms with Gasteiger partial charge in [-0.05, 0) is 64.0 Å². The zero-order valence-electron chi connectivity index (χ0n) is 14.9. The summed E-state index contributed by atoms with van der Waals surface area (Å²) in [5, 5.41) is 3.82. The highest BCUT2D eigenvalue weighted by atomic mass is 16.5. The van der Waals surface area contributed by atoms with Crippen LogP contribution in [0.5, 0.6) is 0 Å². The van der Waals surface area contributed by atoms with Crippen molar-refractivity contribution in [3.8, 4) is 0 Å². The van der Waals surface area contributed by atoms with E-state index in [0.717, 1.165) is 13.1 Å². The first kappa shape index (κ1) is 17.2. The third kappa shape index (κ3) is 4.43. The van der Waals surface area contributed by atoms with Crippen LogP contribution in [0.15, 0.2) is 0 Å². The summed E-state index contributed by atoms with van der Waals surface area (Å²) in [6.07, 6.45) is 7.67. The lowest BCUT2D eigenvalue weighted by Crippen LogP contribution is -2.59. The summed E-state index contributed by atoms with van der Waals surface area (Å²) in [5.74, 6) is 0. The Morgan fingerprint density at radius 1 is 1.24 bits per heavy atom. The topological polar surface area (TPSA) is 24.5 Å². The molecule has 0 aromatic heterocycles. The van der Waals surface area contributed by atoms with Gasteiger partial charge in [0.25, 0.3) is 0 Å². The molecule has 1 aliphatic heterocycles. The van der Waals surface area contributed by atoms with Crippen LogP contribution in [0.25, 0.3) is 0 Å². The average molecular weight is 296 g/mol. The molecule has 0 radical (unpaired) electrons. The van der Waals surface area contributed by atoms with Gasteiger partial charge in [0.15, 0.2) is 0 Å². The number of rotatable bonds is 5. The van der Waals surface area contributed by atoms with Crippen LogP contribution in [0.2, 0.25) is 0 Å². The number of nitrogens with one attached hydrogen (secondary N) is 1. The predicted octanol–water partition coefficient (Wildman–Crippen LogP) is 3.43. The Hall–Kier alpha value is -0.120. The fraction of sp³-hybridized carbons (Fsp3) is 1.00. The monoisotopic (exact) mass is 296 g/mol. The van der Waals surface area contributed by atoms with Crippen molar-refractivity contribution in [3.05, 3.63) is 0 Å². The molecule has 0 aromatic rings. The van der Waals surface area contributed by atoms with Crippen molar-refractivity contribution >= 4 is 0 Å². The molecule has 1 saturated heterocycles. The molecule has 1 heterocycles. The normalized spacial score (nSPS) is 37.6. The van der Waals surface area contributed by atoms with Crippen LogP contribution < -0.4 is 5.32 Å². The van der Waals surface area contributed by atoms with Gasteiger partial charge >= 0.3 is 0 Å². The molecule has 0 spiro atoms. The van der Waals surface area contributed by atoms with Crippen molar-refractivity contribution < 1.29 is 4.74 Å². The molecule has 3 heteroatoms. The lowest BCUT2D eigenvalue weighted by Gasteiger charge is -2.50. The van der Waals surface area contributed by atoms with Crippen molar-refractivity contribution in [1.29, 1.82) is 0 Å². The summed E-state index contributed by atoms with van der Waals surface area (Å²) < 4.78 is 5.81. The van der Waals surface area contributed by atoms with E-state index in [1.165, 1.54) is 45.1 Å². The molecule has 2 aliphatic rings. The quantitative estimate of drug-likeness (QED) is 0.841. The number of hydrogen-bond acceptors (Lipinski definition) is 3. The molecule has 1 N–H and O–H groups in total. The van der Waals surface area contributed by atoms with E-state index in [4.69, 9.17) is 4.74 Å². The second-order valence-corrected chi connectivity index (χ2v) is 8.26. The van der Waals surface area contributed by atoms with Crippen LogP contribution in [0.3, 0.4) is 0 Å². The van der Waals surface area contributed by atoms with Gasteiger partial charge in [-0.2, -0.15) is 0 Å². The van der Waals surface area contributed by atoms with E-state index in [0.29, 0.717) is 17.5 Å². The lowest BCUT2D eigenvalue weighted by molar-refractivity contribution is -0.0747. The Bertz CT molecular complexity index is 331. The maximum Gasteiger partial charge on any atom is 0.0777 e. The number of piperidine rings is 1. The first-order valence-electron chi connectivity index (χ1n) is 8.92. The number of likely N-dealkylation sites (tertiary alicyclic amines) is 1. The highest BCUT2D eigenvalue weighted by molar-refractivity contribution is 4.98. The Labute approximate surface area is 131 Å². The maximum absolute atomic E-state index is 5.81. The third-order valence-electron chi connectivity index (χ3n) is 5.67. The van der Waals surface area contributed by atoms with Crippen LogP contribution >= 0.6 is 0 Å². The van der Waals surface area contributed by atoms with Crippen LogP contribution in [0.4, 0.5) is 0 Å². The smallest absolute Gasteiger partial charge is 0.0777 e. The van der Waals surface area contributed by atoms with Gasteiger partial charge in [0.05, 0.1) is 5.60 Å². The van der Waals surface area contributed by atoms with E-state index in [1.807, 2.05) is 7.11 Å². The van der Waals surface area contributed by atoms with Crippen LogP contribution in [0, 0.1) is 5.41 Å². The van der Waals surface area contributed by atoms with Crippen LogP contribution in [0.1, 0.15) is 66.2 Å². The van der Waals surface area contributed by atoms with Gasteiger partial charge in [0.1, 0.15) is 0 Å². The fourth-order valence-corrected chi connectivity index (χ4v) is 4.19. The van der Waals surface area contributed by atoms with Gasteiger partial charge < -0.3 is 10.1 Å². The summed E-state index contributed by atoms with van der Waals surface area (Å²) in [5.41, 5.74) is 0.533. The van der Waals surface area contributed by atoms with Gasteiger partial charge in [-0.3, -0.25) is 4.90 Å². The van der Waals surface area contributed by atoms with E-state index in [9.17, 15) is 0 Å². The molecule has 21 heavy (non-hydrogen) atoms. The predicted molar refractivity (Wildman–Crippen MR) is 89.7 cm³/mol. The zero-order valence-corrected chi connectivity index (χ0v) is 14.9. The minimum atomic E-state index is 0.0507. The minimum absolute atomic E-state index is 0.0507. The molecule has 3 nitrogen and oxygen atoms in total. The summed E-state index contributed by atoms with van der Waals surface area (Å²) in [6, 6.07) is 1.34. The Morgan fingerprint density at radius 2 is 2.00 bits per heavy atom. The number of nitrogens with zero attached hydrogens (tertiary/aromatic N) is 1. The SMILES string of the molecule is CCCNC1CCC(C)(C)CC1N1CCCC(C)(OC)C1. The molecule has 0 bridgehead atoms. The lowest BCUT2D eigenvalue weighted by atomic mass is 9.71. The van der Waals surface area contributed by atoms with Crippen LogP contribution in [-0.2, 0) is 4.74 Å². The van der Waals surface area contributed by atoms with Crippen molar-refractivity contribution in [2.24, 2.45) is 5.41 Å². The van der Waals surface area contributed by atoms with Gasteiger partial charge in [-0.1, -0.05) is 20.8 Å². The highest BCUT2D eigenvalue weighted by Gasteiger charge is 2.41. The second-order valence-electron chi connectivity index (χ2n) is 8.26. The van der Waals surface area contributed by atoms with E-state index >= 15 is 0 Å². The number of hydrogen-bond donors (Lipinski definition) is 1. The molecule has 3 unspecified atom stereocenters. The zero-order chi connectivity index (χ0) is 15.5. The largest absolute Gasteiger partial charge is 0.377 e. The molecular weight excluding hydrogens is 260 g/mol. The average Bonchev–Trinajstić information content (AvgIpc) is 2.45. The van der Waals surface area contributed by atoms with Crippen molar-refractivity contribution in [2.45, 2.75) is 83.9 Å². The summed E-state index contributed by atoms with van der Waals surface area (Å²) in [4.78, 5) is 2.72. The third-order valence-corrected chi connectivity index (χ3v) is 5.67. The molecule has 124 valence electrons. The molecule has 1 saturated carbocycles. The van der Waals surface area contributed by atoms with Gasteiger partial charge in [0, 0.05) is 25.7 Å². The summed E-state index contributed by atoms with van der Waals surface area (Å²) in [6.45, 7) is 12.9. The molecular formula is C18H36N2O. The van der Waals surface area contributed by atoms with Crippen molar-refractivity contribution in [3.63, 3.8) is 0 Å². The summed E-state index contributed by atoms with van der Waals surface area (Å²) >= 11 is 0. The van der Waals surface area contributed by atoms with Gasteiger partial charge in [-0.25, -0.2) is 0 Å². The van der Waals surface area contributed by atoms with Crippen molar-refractivity contribution in [2.75, 3.05) is 26.7 Å². The number of methoxy groups -OCH3 is 1. The van der Waals surface area contributed by atoms with E-state index in [2.05, 4.69) is 37.9 Å². The standard InChI is InChI=1S/C18H36N2O/c1-6-11-19-15-8-10-17(2,3)13-16(15)20-12-7-9-18(4,14-20)21-5/h15-16,19H,6-14H2,1-5H3. The number of ether oxygens (including phenoxy) is 1. The molecule has 0 aromatic carbocycles. The minimum Gasteiger partial charge on any atom is -0.377 e. The molecule has 1 aliphatic carbocycles. The second kappa shape index (κ2) is 6.97. The molecule has 0 amide bonds.